The molecule has 0 heterocycles. The first kappa shape index (κ1) is 16.8. The predicted octanol–water partition coefficient (Wildman–Crippen LogP) is 3.36. The van der Waals surface area contributed by atoms with Gasteiger partial charge in [0.25, 0.3) is 0 Å². The monoisotopic (exact) mass is 310 g/mol. The van der Waals surface area contributed by atoms with Crippen LogP contribution in [0.25, 0.3) is 0 Å². The largest absolute Gasteiger partial charge is 0.395 e. The molecule has 1 aromatic rings. The first-order valence-electron chi connectivity index (χ1n) is 8.06. The van der Waals surface area contributed by atoms with Gasteiger partial charge in [0.1, 0.15) is 0 Å². The number of nitrogens with two attached hydrogens (primary N) is 1. The number of rotatable bonds is 7. The van der Waals surface area contributed by atoms with Crippen molar-refractivity contribution in [2.45, 2.75) is 50.6 Å². The van der Waals surface area contributed by atoms with Gasteiger partial charge in [0.2, 0.25) is 0 Å². The molecule has 0 amide bonds. The minimum absolute atomic E-state index is 0.0343. The van der Waals surface area contributed by atoms with E-state index in [4.69, 9.17) is 17.3 Å². The Balaban J connectivity index is 1.86. The molecule has 2 rings (SSSR count). The summed E-state index contributed by atoms with van der Waals surface area (Å²) in [5.74, 6) is 0. The Morgan fingerprint density at radius 3 is 2.43 bits per heavy atom. The van der Waals surface area contributed by atoms with Gasteiger partial charge in [-0.25, -0.2) is 0 Å². The van der Waals surface area contributed by atoms with Crippen molar-refractivity contribution in [2.24, 2.45) is 5.73 Å². The van der Waals surface area contributed by atoms with Gasteiger partial charge < -0.3 is 10.8 Å². The Morgan fingerprint density at radius 2 is 1.81 bits per heavy atom. The lowest BCUT2D eigenvalue weighted by atomic mass is 9.93. The van der Waals surface area contributed by atoms with Gasteiger partial charge in [-0.05, 0) is 37.0 Å². The van der Waals surface area contributed by atoms with Crippen molar-refractivity contribution in [3.63, 3.8) is 0 Å². The number of halogens is 1. The normalized spacial score (nSPS) is 18.1. The highest BCUT2D eigenvalue weighted by atomic mass is 35.5. The summed E-state index contributed by atoms with van der Waals surface area (Å²) in [6.45, 7) is 1.94. The number of benzene rings is 1. The third kappa shape index (κ3) is 5.26. The summed E-state index contributed by atoms with van der Waals surface area (Å²) in [6.07, 6.45) is 7.42. The molecule has 0 radical (unpaired) electrons. The third-order valence-electron chi connectivity index (χ3n) is 4.50. The van der Waals surface area contributed by atoms with Crippen LogP contribution >= 0.6 is 11.6 Å². The summed E-state index contributed by atoms with van der Waals surface area (Å²) >= 11 is 5.91. The molecule has 1 unspecified atom stereocenters. The zero-order chi connectivity index (χ0) is 15.1. The topological polar surface area (TPSA) is 49.5 Å². The van der Waals surface area contributed by atoms with Crippen LogP contribution < -0.4 is 5.73 Å². The van der Waals surface area contributed by atoms with Crippen molar-refractivity contribution in [1.29, 1.82) is 0 Å². The van der Waals surface area contributed by atoms with Crippen LogP contribution in [0.1, 0.15) is 50.1 Å². The molecule has 3 N–H and O–H groups in total. The minimum atomic E-state index is 0.0343. The van der Waals surface area contributed by atoms with Crippen LogP contribution in [0.3, 0.4) is 0 Å². The lowest BCUT2D eigenvalue weighted by molar-refractivity contribution is 0.120. The molecule has 1 fully saturated rings. The third-order valence-corrected chi connectivity index (χ3v) is 4.76. The average Bonchev–Trinajstić information content (AvgIpc) is 2.52. The standard InChI is InChI=1S/C17H27ClN2O/c18-15-8-6-14(7-9-15)17(19)10-11-20(12-13-21)16-4-2-1-3-5-16/h6-9,16-17,21H,1-5,10-13,19H2. The average molecular weight is 311 g/mol. The fourth-order valence-electron chi connectivity index (χ4n) is 3.23. The molecule has 1 aliphatic rings. The lowest BCUT2D eigenvalue weighted by Gasteiger charge is -2.34. The van der Waals surface area contributed by atoms with Gasteiger partial charge in [0, 0.05) is 30.2 Å². The van der Waals surface area contributed by atoms with Gasteiger partial charge >= 0.3 is 0 Å². The fraction of sp³-hybridized carbons (Fsp3) is 0.647. The quantitative estimate of drug-likeness (QED) is 0.812. The second-order valence-corrected chi connectivity index (χ2v) is 6.43. The van der Waals surface area contributed by atoms with E-state index >= 15 is 0 Å². The fourth-order valence-corrected chi connectivity index (χ4v) is 3.36. The maximum absolute atomic E-state index is 9.29. The van der Waals surface area contributed by atoms with E-state index in [1.165, 1.54) is 32.1 Å². The highest BCUT2D eigenvalue weighted by molar-refractivity contribution is 6.30. The Hall–Kier alpha value is -0.610. The van der Waals surface area contributed by atoms with Crippen LogP contribution in [0.2, 0.25) is 5.02 Å². The van der Waals surface area contributed by atoms with Gasteiger partial charge in [-0.1, -0.05) is 43.0 Å². The zero-order valence-electron chi connectivity index (χ0n) is 12.7. The van der Waals surface area contributed by atoms with Gasteiger partial charge in [0.15, 0.2) is 0 Å². The smallest absolute Gasteiger partial charge is 0.0558 e. The Labute approximate surface area is 133 Å². The van der Waals surface area contributed by atoms with E-state index in [0.717, 1.165) is 30.1 Å². The maximum Gasteiger partial charge on any atom is 0.0558 e. The summed E-state index contributed by atoms with van der Waals surface area (Å²) in [4.78, 5) is 2.43. The van der Waals surface area contributed by atoms with Gasteiger partial charge in [-0.2, -0.15) is 0 Å². The number of aliphatic hydroxyl groups excluding tert-OH is 1. The Kier molecular flexibility index (Phi) is 6.97. The minimum Gasteiger partial charge on any atom is -0.395 e. The molecule has 21 heavy (non-hydrogen) atoms. The van der Waals surface area contributed by atoms with E-state index in [9.17, 15) is 5.11 Å². The molecule has 1 aromatic carbocycles. The van der Waals surface area contributed by atoms with E-state index in [1.807, 2.05) is 24.3 Å². The summed E-state index contributed by atoms with van der Waals surface area (Å²) < 4.78 is 0. The number of nitrogens with zero attached hydrogens (tertiary/aromatic N) is 1. The molecular formula is C17H27ClN2O. The van der Waals surface area contributed by atoms with Crippen molar-refractivity contribution >= 4 is 11.6 Å². The van der Waals surface area contributed by atoms with Crippen molar-refractivity contribution in [1.82, 2.24) is 4.90 Å². The molecule has 1 atom stereocenters. The van der Waals surface area contributed by atoms with E-state index in [0.29, 0.717) is 6.04 Å². The molecule has 0 bridgehead atoms. The van der Waals surface area contributed by atoms with Crippen LogP contribution in [-0.4, -0.2) is 35.7 Å². The van der Waals surface area contributed by atoms with Gasteiger partial charge in [0.05, 0.1) is 6.61 Å². The summed E-state index contributed by atoms with van der Waals surface area (Å²) in [6, 6.07) is 8.45. The van der Waals surface area contributed by atoms with E-state index in [1.54, 1.807) is 0 Å². The molecule has 1 aliphatic carbocycles. The molecule has 0 spiro atoms. The van der Waals surface area contributed by atoms with Crippen LogP contribution in [0.5, 0.6) is 0 Å². The van der Waals surface area contributed by atoms with Crippen LogP contribution in [0.4, 0.5) is 0 Å². The first-order chi connectivity index (χ1) is 10.2. The highest BCUT2D eigenvalue weighted by Gasteiger charge is 2.21. The maximum atomic E-state index is 9.29. The SMILES string of the molecule is NC(CCN(CCO)C1CCCCC1)c1ccc(Cl)cc1. The zero-order valence-corrected chi connectivity index (χ0v) is 13.4. The lowest BCUT2D eigenvalue weighted by Crippen LogP contribution is -2.40. The summed E-state index contributed by atoms with van der Waals surface area (Å²) in [5, 5.41) is 10.0. The summed E-state index contributed by atoms with van der Waals surface area (Å²) in [5.41, 5.74) is 7.42. The number of hydrogen-bond donors (Lipinski definition) is 2. The molecule has 0 aromatic heterocycles. The second-order valence-electron chi connectivity index (χ2n) is 6.00. The van der Waals surface area contributed by atoms with E-state index in [2.05, 4.69) is 4.90 Å². The van der Waals surface area contributed by atoms with E-state index in [-0.39, 0.29) is 12.6 Å². The molecule has 0 saturated heterocycles. The Morgan fingerprint density at radius 1 is 1.14 bits per heavy atom. The molecule has 4 heteroatoms. The second kappa shape index (κ2) is 8.74. The van der Waals surface area contributed by atoms with Crippen LogP contribution in [0, 0.1) is 0 Å². The van der Waals surface area contributed by atoms with E-state index < -0.39 is 0 Å². The van der Waals surface area contributed by atoms with Crippen molar-refractivity contribution in [3.8, 4) is 0 Å². The molecule has 118 valence electrons. The van der Waals surface area contributed by atoms with Crippen molar-refractivity contribution in [2.75, 3.05) is 19.7 Å². The number of hydrogen-bond acceptors (Lipinski definition) is 3. The van der Waals surface area contributed by atoms with Crippen LogP contribution in [-0.2, 0) is 0 Å². The first-order valence-corrected chi connectivity index (χ1v) is 8.44. The van der Waals surface area contributed by atoms with Gasteiger partial charge in [-0.3, -0.25) is 4.90 Å². The van der Waals surface area contributed by atoms with Gasteiger partial charge in [-0.15, -0.1) is 0 Å². The number of aliphatic hydroxyl groups is 1. The molecular weight excluding hydrogens is 284 g/mol. The summed E-state index contributed by atoms with van der Waals surface area (Å²) in [7, 11) is 0. The molecule has 0 aliphatic heterocycles. The van der Waals surface area contributed by atoms with Crippen molar-refractivity contribution < 1.29 is 5.11 Å². The van der Waals surface area contributed by atoms with Crippen molar-refractivity contribution in [3.05, 3.63) is 34.9 Å². The highest BCUT2D eigenvalue weighted by Crippen LogP contribution is 2.24. The molecule has 1 saturated carbocycles. The molecule has 3 nitrogen and oxygen atoms in total. The Bertz CT molecular complexity index is 404. The predicted molar refractivity (Wildman–Crippen MR) is 88.5 cm³/mol. The van der Waals surface area contributed by atoms with Crippen LogP contribution in [0.15, 0.2) is 24.3 Å².